The van der Waals surface area contributed by atoms with Gasteiger partial charge in [0.2, 0.25) is 5.91 Å². The Morgan fingerprint density at radius 2 is 0.915 bits per heavy atom. The van der Waals surface area contributed by atoms with E-state index in [1.165, 1.54) is 193 Å². The number of nitrogens with one attached hydrogen (secondary N) is 1. The van der Waals surface area contributed by atoms with Crippen LogP contribution in [-0.2, 0) is 18.4 Å². The van der Waals surface area contributed by atoms with E-state index in [1.54, 1.807) is 6.08 Å². The summed E-state index contributed by atoms with van der Waals surface area (Å²) in [4.78, 5) is 25.4. The van der Waals surface area contributed by atoms with Gasteiger partial charge >= 0.3 is 0 Å². The predicted molar refractivity (Wildman–Crippen MR) is 252 cm³/mol. The number of aliphatic hydroxyl groups is 1. The number of aliphatic hydroxyl groups excluding tert-OH is 1. The van der Waals surface area contributed by atoms with Gasteiger partial charge in [0, 0.05) is 6.42 Å². The molecule has 0 radical (unpaired) electrons. The van der Waals surface area contributed by atoms with Crippen LogP contribution in [0.5, 0.6) is 0 Å². The van der Waals surface area contributed by atoms with Crippen molar-refractivity contribution in [2.24, 2.45) is 0 Å². The molecular formula is C50H101N2O6P. The van der Waals surface area contributed by atoms with Crippen LogP contribution in [0.2, 0.25) is 0 Å². The third-order valence-corrected chi connectivity index (χ3v) is 12.7. The number of carbonyl (C=O) groups excluding carboxylic acids is 1. The molecule has 8 nitrogen and oxygen atoms in total. The number of hydrogen-bond acceptors (Lipinski definition) is 6. The molecule has 59 heavy (non-hydrogen) atoms. The molecule has 352 valence electrons. The van der Waals surface area contributed by atoms with E-state index in [4.69, 9.17) is 9.05 Å². The van der Waals surface area contributed by atoms with E-state index in [0.29, 0.717) is 17.4 Å². The van der Waals surface area contributed by atoms with Gasteiger partial charge in [-0.2, -0.15) is 0 Å². The zero-order valence-electron chi connectivity index (χ0n) is 40.0. The molecule has 0 fully saturated rings. The molecule has 0 bridgehead atoms. The van der Waals surface area contributed by atoms with Gasteiger partial charge in [-0.3, -0.25) is 9.36 Å². The lowest BCUT2D eigenvalue weighted by Gasteiger charge is -2.29. The molecule has 0 aromatic carbocycles. The third kappa shape index (κ3) is 45.1. The first-order valence-corrected chi connectivity index (χ1v) is 27.0. The van der Waals surface area contributed by atoms with Crippen molar-refractivity contribution in [1.29, 1.82) is 0 Å². The summed E-state index contributed by atoms with van der Waals surface area (Å²) in [6.45, 7) is 4.68. The Bertz CT molecular complexity index is 974. The van der Waals surface area contributed by atoms with Gasteiger partial charge in [0.1, 0.15) is 13.2 Å². The second kappa shape index (κ2) is 42.5. The van der Waals surface area contributed by atoms with Crippen molar-refractivity contribution < 1.29 is 32.9 Å². The van der Waals surface area contributed by atoms with Crippen LogP contribution in [0.15, 0.2) is 12.2 Å². The number of phosphoric acid groups is 1. The highest BCUT2D eigenvalue weighted by molar-refractivity contribution is 7.45. The van der Waals surface area contributed by atoms with Gasteiger partial charge in [-0.15, -0.1) is 0 Å². The molecule has 0 spiro atoms. The smallest absolute Gasteiger partial charge is 0.268 e. The molecule has 0 rings (SSSR count). The molecule has 0 aromatic heterocycles. The maximum absolute atomic E-state index is 12.9. The fourth-order valence-electron chi connectivity index (χ4n) is 7.68. The number of unbranched alkanes of at least 4 members (excludes halogenated alkanes) is 34. The first-order valence-electron chi connectivity index (χ1n) is 25.6. The number of likely N-dealkylation sites (N-methyl/N-ethyl adjacent to an activating group) is 1. The van der Waals surface area contributed by atoms with Crippen molar-refractivity contribution in [2.45, 2.75) is 264 Å². The van der Waals surface area contributed by atoms with Gasteiger partial charge in [-0.1, -0.05) is 238 Å². The monoisotopic (exact) mass is 857 g/mol. The summed E-state index contributed by atoms with van der Waals surface area (Å²) < 4.78 is 23.3. The lowest BCUT2D eigenvalue weighted by Crippen LogP contribution is -2.45. The number of quaternary nitrogens is 1. The van der Waals surface area contributed by atoms with Gasteiger partial charge < -0.3 is 28.8 Å². The van der Waals surface area contributed by atoms with Crippen molar-refractivity contribution in [3.05, 3.63) is 12.2 Å². The zero-order chi connectivity index (χ0) is 43.6. The van der Waals surface area contributed by atoms with Crippen LogP contribution in [0.4, 0.5) is 0 Å². The van der Waals surface area contributed by atoms with E-state index in [9.17, 15) is 19.4 Å². The van der Waals surface area contributed by atoms with Gasteiger partial charge in [-0.05, 0) is 19.3 Å². The lowest BCUT2D eigenvalue weighted by atomic mass is 10.0. The Hall–Kier alpha value is -0.760. The van der Waals surface area contributed by atoms with Crippen LogP contribution in [0.25, 0.3) is 0 Å². The Balaban J connectivity index is 4.27. The Labute approximate surface area is 367 Å². The topological polar surface area (TPSA) is 108 Å². The first-order chi connectivity index (χ1) is 28.5. The van der Waals surface area contributed by atoms with E-state index >= 15 is 0 Å². The number of allylic oxidation sites excluding steroid dienone is 1. The molecule has 3 atom stereocenters. The number of rotatable bonds is 47. The summed E-state index contributed by atoms with van der Waals surface area (Å²) in [6.07, 6.45) is 49.8. The standard InChI is InChI=1S/C50H101N2O6P/c1-6-8-10-12-14-16-18-20-22-23-24-25-26-27-28-30-31-33-35-37-39-41-43-49(53)48(47-58-59(55,56)57-46-45-52(3,4)5)51-50(54)44-42-40-38-36-34-32-29-21-19-17-15-13-11-9-7-2/h41,43,48-49,53H,6-40,42,44-47H2,1-5H3,(H-,51,54,55,56)/b43-41+. The number of amides is 1. The van der Waals surface area contributed by atoms with Gasteiger partial charge in [-0.25, -0.2) is 0 Å². The number of carbonyl (C=O) groups is 1. The number of phosphoric ester groups is 1. The fraction of sp³-hybridized carbons (Fsp3) is 0.940. The Kier molecular flexibility index (Phi) is 42.0. The maximum Gasteiger partial charge on any atom is 0.268 e. The molecule has 0 aliphatic heterocycles. The number of hydrogen-bond donors (Lipinski definition) is 2. The van der Waals surface area contributed by atoms with E-state index in [1.807, 2.05) is 27.2 Å². The first kappa shape index (κ1) is 58.2. The molecule has 0 aliphatic rings. The van der Waals surface area contributed by atoms with Crippen LogP contribution in [0, 0.1) is 0 Å². The molecule has 0 aromatic rings. The summed E-state index contributed by atoms with van der Waals surface area (Å²) in [6, 6.07) is -0.880. The molecule has 0 aliphatic carbocycles. The molecule has 0 heterocycles. The van der Waals surface area contributed by atoms with Crippen molar-refractivity contribution in [3.63, 3.8) is 0 Å². The number of nitrogens with zero attached hydrogens (tertiary/aromatic N) is 1. The lowest BCUT2D eigenvalue weighted by molar-refractivity contribution is -0.870. The fourth-order valence-corrected chi connectivity index (χ4v) is 8.41. The van der Waals surface area contributed by atoms with E-state index < -0.39 is 20.0 Å². The highest BCUT2D eigenvalue weighted by Crippen LogP contribution is 2.38. The normalized spacial score (nSPS) is 14.2. The van der Waals surface area contributed by atoms with E-state index in [0.717, 1.165) is 38.5 Å². The Morgan fingerprint density at radius 3 is 1.27 bits per heavy atom. The average molecular weight is 857 g/mol. The van der Waals surface area contributed by atoms with Gasteiger partial charge in [0.15, 0.2) is 0 Å². The van der Waals surface area contributed by atoms with Crippen molar-refractivity contribution in [1.82, 2.24) is 5.32 Å². The van der Waals surface area contributed by atoms with Crippen LogP contribution < -0.4 is 10.2 Å². The zero-order valence-corrected chi connectivity index (χ0v) is 40.9. The highest BCUT2D eigenvalue weighted by Gasteiger charge is 2.23. The molecule has 0 saturated carbocycles. The molecule has 9 heteroatoms. The second-order valence-corrected chi connectivity index (χ2v) is 20.3. The SMILES string of the molecule is CCCCCCCCCCCCCCCCCCCCCC/C=C/C(O)C(COP(=O)([O-])OCC[N+](C)(C)C)NC(=O)CCCCCCCCCCCCCCCCC. The van der Waals surface area contributed by atoms with Crippen LogP contribution in [-0.4, -0.2) is 68.5 Å². The maximum atomic E-state index is 12.9. The Morgan fingerprint density at radius 1 is 0.576 bits per heavy atom. The summed E-state index contributed by atoms with van der Waals surface area (Å²) in [7, 11) is 1.27. The minimum absolute atomic E-state index is 0.00241. The average Bonchev–Trinajstić information content (AvgIpc) is 3.19. The second-order valence-electron chi connectivity index (χ2n) is 18.9. The van der Waals surface area contributed by atoms with E-state index in [2.05, 4.69) is 19.2 Å². The minimum atomic E-state index is -4.59. The van der Waals surface area contributed by atoms with Gasteiger partial charge in [0.25, 0.3) is 7.82 Å². The quantitative estimate of drug-likeness (QED) is 0.0273. The highest BCUT2D eigenvalue weighted by atomic mass is 31.2. The largest absolute Gasteiger partial charge is 0.756 e. The molecular weight excluding hydrogens is 756 g/mol. The minimum Gasteiger partial charge on any atom is -0.756 e. The van der Waals surface area contributed by atoms with Crippen molar-refractivity contribution in [3.8, 4) is 0 Å². The van der Waals surface area contributed by atoms with Crippen LogP contribution in [0.3, 0.4) is 0 Å². The summed E-state index contributed by atoms with van der Waals surface area (Å²) >= 11 is 0. The van der Waals surface area contributed by atoms with Crippen molar-refractivity contribution in [2.75, 3.05) is 40.9 Å². The molecule has 3 unspecified atom stereocenters. The van der Waals surface area contributed by atoms with Crippen molar-refractivity contribution >= 4 is 13.7 Å². The van der Waals surface area contributed by atoms with Gasteiger partial charge in [0.05, 0.1) is 39.9 Å². The van der Waals surface area contributed by atoms with E-state index in [-0.39, 0.29) is 19.1 Å². The van der Waals surface area contributed by atoms with Crippen LogP contribution in [0.1, 0.15) is 251 Å². The van der Waals surface area contributed by atoms with Crippen LogP contribution >= 0.6 is 7.82 Å². The summed E-state index contributed by atoms with van der Waals surface area (Å²) in [5.41, 5.74) is 0. The summed E-state index contributed by atoms with van der Waals surface area (Å²) in [5, 5.41) is 13.8. The predicted octanol–water partition coefficient (Wildman–Crippen LogP) is 14.1. The molecule has 1 amide bonds. The molecule has 2 N–H and O–H groups in total. The molecule has 0 saturated heterocycles. The third-order valence-electron chi connectivity index (χ3n) is 11.7. The summed E-state index contributed by atoms with van der Waals surface area (Å²) in [5.74, 6) is -0.193.